The smallest absolute Gasteiger partial charge is 0.233 e. The van der Waals surface area contributed by atoms with E-state index in [9.17, 15) is 5.11 Å². The Morgan fingerprint density at radius 3 is 2.65 bits per heavy atom. The Balaban J connectivity index is 1.77. The number of nitrogens with zero attached hydrogens (tertiary/aromatic N) is 4. The van der Waals surface area contributed by atoms with Crippen LogP contribution in [0.4, 0.5) is 5.82 Å². The molecule has 0 aliphatic rings. The lowest BCUT2D eigenvalue weighted by molar-refractivity contribution is 0.0921. The topological polar surface area (TPSA) is 125 Å². The van der Waals surface area contributed by atoms with E-state index in [1.54, 1.807) is 24.3 Å². The second-order valence-electron chi connectivity index (χ2n) is 8.06. The van der Waals surface area contributed by atoms with Crippen LogP contribution < -0.4 is 20.2 Å². The summed E-state index contributed by atoms with van der Waals surface area (Å²) in [5, 5.41) is 34.8. The molecule has 1 heterocycles. The van der Waals surface area contributed by atoms with Crippen molar-refractivity contribution >= 4 is 11.5 Å². The second-order valence-corrected chi connectivity index (χ2v) is 8.06. The average molecular weight is 427 g/mol. The number of hydrogen-bond acceptors (Lipinski definition) is 9. The molecule has 1 unspecified atom stereocenters. The molecule has 0 saturated heterocycles. The molecule has 0 fully saturated rings. The predicted molar refractivity (Wildman–Crippen MR) is 119 cm³/mol. The Kier molecular flexibility index (Phi) is 8.73. The average Bonchev–Trinajstić information content (AvgIpc) is 2.74. The Morgan fingerprint density at radius 1 is 1.23 bits per heavy atom. The molecule has 1 aromatic heterocycles. The van der Waals surface area contributed by atoms with Gasteiger partial charge in [-0.1, -0.05) is 6.07 Å². The summed E-state index contributed by atoms with van der Waals surface area (Å²) in [6.45, 7) is 10.3. The predicted octanol–water partition coefficient (Wildman–Crippen LogP) is 2.65. The molecular formula is C22H30N6O3. The number of aliphatic hydroxyl groups is 1. The molecule has 2 rings (SSSR count). The number of anilines is 1. The zero-order valence-corrected chi connectivity index (χ0v) is 18.6. The van der Waals surface area contributed by atoms with E-state index >= 15 is 0 Å². The van der Waals surface area contributed by atoms with Crippen molar-refractivity contribution in [2.75, 3.05) is 25.2 Å². The monoisotopic (exact) mass is 426 g/mol. The molecule has 0 aliphatic heterocycles. The van der Waals surface area contributed by atoms with E-state index in [1.807, 2.05) is 40.7 Å². The zero-order valence-electron chi connectivity index (χ0n) is 18.6. The van der Waals surface area contributed by atoms with Crippen LogP contribution in [-0.4, -0.2) is 52.4 Å². The van der Waals surface area contributed by atoms with E-state index in [1.165, 1.54) is 0 Å². The number of aromatic nitrogens is 2. The Labute approximate surface area is 183 Å². The summed E-state index contributed by atoms with van der Waals surface area (Å²) in [4.78, 5) is 0. The summed E-state index contributed by atoms with van der Waals surface area (Å²) in [7, 11) is 0. The maximum absolute atomic E-state index is 10.3. The summed E-state index contributed by atoms with van der Waals surface area (Å²) < 4.78 is 11.3. The standard InChI is InChI=1S/C22H30N6O3/c1-15(2)25-26-20-8-9-21(28-27-20)31-14-22(4,5)24-12-18(29)13-30-19-10-16(3)6-7-17(19)11-23/h6-10,18,24,29H,12-14H2,1-5H3,(H,26,27). The molecule has 0 amide bonds. The van der Waals surface area contributed by atoms with Gasteiger partial charge in [0, 0.05) is 23.9 Å². The fraction of sp³-hybridized carbons (Fsp3) is 0.455. The van der Waals surface area contributed by atoms with Gasteiger partial charge in [-0.05, 0) is 58.4 Å². The molecule has 0 radical (unpaired) electrons. The number of aliphatic hydroxyl groups excluding tert-OH is 1. The SMILES string of the molecule is CC(C)=NNc1ccc(OCC(C)(C)NCC(O)COc2cc(C)ccc2C#N)nn1. The molecule has 1 aromatic carbocycles. The molecule has 0 saturated carbocycles. The number of β-amino-alcohol motifs (C(OH)–C–C–N with tert-alkyl or cyclic N) is 1. The van der Waals surface area contributed by atoms with Crippen LogP contribution in [0.25, 0.3) is 0 Å². The van der Waals surface area contributed by atoms with Gasteiger partial charge in [-0.3, -0.25) is 5.43 Å². The van der Waals surface area contributed by atoms with E-state index in [0.717, 1.165) is 11.3 Å². The Hall–Kier alpha value is -3.22. The van der Waals surface area contributed by atoms with E-state index in [0.29, 0.717) is 36.2 Å². The van der Waals surface area contributed by atoms with Gasteiger partial charge in [-0.15, -0.1) is 10.2 Å². The summed E-state index contributed by atoms with van der Waals surface area (Å²) in [6.07, 6.45) is -0.751. The highest BCUT2D eigenvalue weighted by Crippen LogP contribution is 2.19. The van der Waals surface area contributed by atoms with Gasteiger partial charge in [-0.2, -0.15) is 10.4 Å². The van der Waals surface area contributed by atoms with Gasteiger partial charge >= 0.3 is 0 Å². The van der Waals surface area contributed by atoms with Gasteiger partial charge < -0.3 is 19.9 Å². The summed E-state index contributed by atoms with van der Waals surface area (Å²) in [6, 6.07) is 10.9. The zero-order chi connectivity index (χ0) is 22.9. The third-order valence-electron chi connectivity index (χ3n) is 4.12. The Bertz CT molecular complexity index is 918. The largest absolute Gasteiger partial charge is 0.489 e. The molecule has 3 N–H and O–H groups in total. The van der Waals surface area contributed by atoms with Crippen LogP contribution in [0.5, 0.6) is 11.6 Å². The molecule has 0 bridgehead atoms. The number of benzene rings is 1. The van der Waals surface area contributed by atoms with Gasteiger partial charge in [0.2, 0.25) is 5.88 Å². The minimum atomic E-state index is -0.751. The molecule has 166 valence electrons. The van der Waals surface area contributed by atoms with Crippen LogP contribution in [0.2, 0.25) is 0 Å². The number of aryl methyl sites for hydroxylation is 1. The first-order chi connectivity index (χ1) is 14.7. The van der Waals surface area contributed by atoms with Gasteiger partial charge in [0.25, 0.3) is 0 Å². The van der Waals surface area contributed by atoms with Crippen LogP contribution in [-0.2, 0) is 0 Å². The highest BCUT2D eigenvalue weighted by Gasteiger charge is 2.20. The molecular weight excluding hydrogens is 396 g/mol. The normalized spacial score (nSPS) is 11.9. The van der Waals surface area contributed by atoms with Crippen LogP contribution in [0.15, 0.2) is 35.4 Å². The molecule has 0 aliphatic carbocycles. The van der Waals surface area contributed by atoms with Crippen LogP contribution in [0.1, 0.15) is 38.8 Å². The van der Waals surface area contributed by atoms with Gasteiger partial charge in [0.05, 0.1) is 5.56 Å². The highest BCUT2D eigenvalue weighted by atomic mass is 16.5. The van der Waals surface area contributed by atoms with E-state index in [-0.39, 0.29) is 6.61 Å². The quantitative estimate of drug-likeness (QED) is 0.370. The van der Waals surface area contributed by atoms with Crippen molar-refractivity contribution < 1.29 is 14.6 Å². The maximum Gasteiger partial charge on any atom is 0.233 e. The van der Waals surface area contributed by atoms with E-state index in [2.05, 4.69) is 32.1 Å². The van der Waals surface area contributed by atoms with Gasteiger partial charge in [0.15, 0.2) is 5.82 Å². The first-order valence-corrected chi connectivity index (χ1v) is 9.98. The van der Waals surface area contributed by atoms with Crippen molar-refractivity contribution in [3.8, 4) is 17.7 Å². The van der Waals surface area contributed by atoms with Crippen LogP contribution >= 0.6 is 0 Å². The van der Waals surface area contributed by atoms with Crippen molar-refractivity contribution in [1.82, 2.24) is 15.5 Å². The van der Waals surface area contributed by atoms with Crippen molar-refractivity contribution in [3.63, 3.8) is 0 Å². The lowest BCUT2D eigenvalue weighted by Gasteiger charge is -2.27. The lowest BCUT2D eigenvalue weighted by atomic mass is 10.1. The number of nitriles is 1. The van der Waals surface area contributed by atoms with Crippen molar-refractivity contribution in [2.45, 2.75) is 46.3 Å². The molecule has 9 heteroatoms. The van der Waals surface area contributed by atoms with E-state index < -0.39 is 11.6 Å². The number of ether oxygens (including phenoxy) is 2. The highest BCUT2D eigenvalue weighted by molar-refractivity contribution is 5.79. The van der Waals surface area contributed by atoms with Gasteiger partial charge in [0.1, 0.15) is 31.1 Å². The summed E-state index contributed by atoms with van der Waals surface area (Å²) in [5.41, 5.74) is 4.68. The summed E-state index contributed by atoms with van der Waals surface area (Å²) in [5.74, 6) is 1.40. The third-order valence-corrected chi connectivity index (χ3v) is 4.12. The Morgan fingerprint density at radius 2 is 2.00 bits per heavy atom. The molecule has 2 aromatic rings. The first kappa shape index (κ1) is 24.1. The number of nitrogens with one attached hydrogen (secondary N) is 2. The van der Waals surface area contributed by atoms with Crippen molar-refractivity contribution in [1.29, 1.82) is 5.26 Å². The fourth-order valence-electron chi connectivity index (χ4n) is 2.41. The van der Waals surface area contributed by atoms with Gasteiger partial charge in [-0.25, -0.2) is 0 Å². The molecule has 31 heavy (non-hydrogen) atoms. The number of hydrogen-bond donors (Lipinski definition) is 3. The number of rotatable bonds is 11. The molecule has 9 nitrogen and oxygen atoms in total. The van der Waals surface area contributed by atoms with Crippen LogP contribution in [0, 0.1) is 18.3 Å². The van der Waals surface area contributed by atoms with Crippen LogP contribution in [0.3, 0.4) is 0 Å². The minimum absolute atomic E-state index is 0.0712. The minimum Gasteiger partial charge on any atom is -0.489 e. The first-order valence-electron chi connectivity index (χ1n) is 9.98. The summed E-state index contributed by atoms with van der Waals surface area (Å²) >= 11 is 0. The fourth-order valence-corrected chi connectivity index (χ4v) is 2.41. The number of hydrazone groups is 1. The second kappa shape index (κ2) is 11.2. The van der Waals surface area contributed by atoms with Crippen molar-refractivity contribution in [3.05, 3.63) is 41.5 Å². The maximum atomic E-state index is 10.3. The third kappa shape index (κ3) is 8.58. The lowest BCUT2D eigenvalue weighted by Crippen LogP contribution is -2.48. The molecule has 0 spiro atoms. The molecule has 1 atom stereocenters. The van der Waals surface area contributed by atoms with E-state index in [4.69, 9.17) is 14.7 Å². The van der Waals surface area contributed by atoms with Crippen molar-refractivity contribution in [2.24, 2.45) is 5.10 Å².